The molecule has 4 aromatic carbocycles. The Kier molecular flexibility index (Phi) is 6.32. The molecule has 0 bridgehead atoms. The second-order valence-electron chi connectivity index (χ2n) is 7.74. The zero-order valence-corrected chi connectivity index (χ0v) is 19.7. The van der Waals surface area contributed by atoms with Crippen molar-refractivity contribution in [3.8, 4) is 23.0 Å². The van der Waals surface area contributed by atoms with Crippen molar-refractivity contribution in [3.63, 3.8) is 0 Å². The Labute approximate surface area is 201 Å². The fraction of sp³-hybridized carbons (Fsp3) is 0.0833. The van der Waals surface area contributed by atoms with E-state index >= 15 is 0 Å². The molecule has 9 nitrogen and oxygen atoms in total. The van der Waals surface area contributed by atoms with E-state index in [0.717, 1.165) is 47.2 Å². The molecule has 182 valence electrons. The predicted octanol–water partition coefficient (Wildman–Crippen LogP) is 3.28. The second-order valence-corrected chi connectivity index (χ2v) is 11.7. The molecule has 0 amide bonds. The summed E-state index contributed by atoms with van der Waals surface area (Å²) in [5, 5.41) is 40.6. The number of nitrogens with zero attached hydrogens (tertiary/aromatic N) is 1. The summed E-state index contributed by atoms with van der Waals surface area (Å²) in [4.78, 5) is -1.12. The van der Waals surface area contributed by atoms with E-state index < -0.39 is 59.4 Å². The molecule has 11 heteroatoms. The summed E-state index contributed by atoms with van der Waals surface area (Å²) < 4.78 is 54.0. The van der Waals surface area contributed by atoms with Gasteiger partial charge >= 0.3 is 0 Å². The van der Waals surface area contributed by atoms with E-state index in [9.17, 15) is 37.3 Å². The molecule has 0 radical (unpaired) electrons. The Balaban J connectivity index is 1.78. The number of hydrogen-bond acceptors (Lipinski definition) is 8. The van der Waals surface area contributed by atoms with Crippen LogP contribution in [0.2, 0.25) is 0 Å². The summed E-state index contributed by atoms with van der Waals surface area (Å²) in [6.45, 7) is -0.494. The molecule has 0 saturated carbocycles. The third-order valence-corrected chi connectivity index (χ3v) is 9.74. The van der Waals surface area contributed by atoms with Gasteiger partial charge in [0.25, 0.3) is 20.0 Å². The van der Waals surface area contributed by atoms with Crippen molar-refractivity contribution in [1.29, 1.82) is 0 Å². The monoisotopic (exact) mass is 515 g/mol. The molecular formula is C24H21NO8S2. The Hall–Kier alpha value is -3.80. The van der Waals surface area contributed by atoms with Crippen LogP contribution >= 0.6 is 0 Å². The van der Waals surface area contributed by atoms with Gasteiger partial charge in [0.2, 0.25) is 0 Å². The molecular weight excluding hydrogens is 494 g/mol. The smallest absolute Gasteiger partial charge is 0.256 e. The van der Waals surface area contributed by atoms with Crippen molar-refractivity contribution < 1.29 is 37.3 Å². The van der Waals surface area contributed by atoms with E-state index in [-0.39, 0.29) is 10.1 Å². The molecule has 0 aliphatic rings. The SMILES string of the molecule is O=S(=O)(c1ccc(O)c(O)c1)N(CCc1ccc2ccccc2c1)S(=O)(=O)c1ccc(O)c(O)c1. The van der Waals surface area contributed by atoms with Crippen molar-refractivity contribution in [2.75, 3.05) is 6.54 Å². The molecule has 0 aliphatic carbocycles. The summed E-state index contributed by atoms with van der Waals surface area (Å²) >= 11 is 0. The van der Waals surface area contributed by atoms with Crippen molar-refractivity contribution in [3.05, 3.63) is 84.4 Å². The van der Waals surface area contributed by atoms with Crippen LogP contribution < -0.4 is 0 Å². The normalized spacial score (nSPS) is 12.3. The van der Waals surface area contributed by atoms with E-state index in [4.69, 9.17) is 0 Å². The number of benzene rings is 4. The molecule has 0 aliphatic heterocycles. The van der Waals surface area contributed by atoms with Crippen molar-refractivity contribution >= 4 is 30.8 Å². The first-order chi connectivity index (χ1) is 16.5. The standard InChI is InChI=1S/C24H21NO8S2/c26-21-9-7-19(14-23(21)28)34(30,31)25(35(32,33)20-8-10-22(27)24(29)15-20)12-11-16-5-6-17-3-1-2-4-18(17)13-16/h1-10,13-15,26-29H,11-12H2. The van der Waals surface area contributed by atoms with Crippen LogP contribution in [0.4, 0.5) is 0 Å². The zero-order valence-electron chi connectivity index (χ0n) is 18.1. The van der Waals surface area contributed by atoms with Crippen LogP contribution in [0.5, 0.6) is 23.0 Å². The molecule has 0 heterocycles. The number of hydrogen-bond donors (Lipinski definition) is 4. The summed E-state index contributed by atoms with van der Waals surface area (Å²) in [6, 6.07) is 18.2. The quantitative estimate of drug-likeness (QED) is 0.274. The average molecular weight is 516 g/mol. The van der Waals surface area contributed by atoms with Gasteiger partial charge in [0.1, 0.15) is 0 Å². The molecule has 35 heavy (non-hydrogen) atoms. The van der Waals surface area contributed by atoms with Gasteiger partial charge in [-0.1, -0.05) is 46.2 Å². The van der Waals surface area contributed by atoms with Gasteiger partial charge in [0.15, 0.2) is 23.0 Å². The van der Waals surface area contributed by atoms with Crippen molar-refractivity contribution in [2.24, 2.45) is 0 Å². The zero-order chi connectivity index (χ0) is 25.4. The highest BCUT2D eigenvalue weighted by Crippen LogP contribution is 2.33. The van der Waals surface area contributed by atoms with Gasteiger partial charge < -0.3 is 20.4 Å². The minimum Gasteiger partial charge on any atom is -0.504 e. The van der Waals surface area contributed by atoms with E-state index in [1.807, 2.05) is 36.4 Å². The van der Waals surface area contributed by atoms with E-state index in [1.165, 1.54) is 0 Å². The first-order valence-electron chi connectivity index (χ1n) is 10.3. The van der Waals surface area contributed by atoms with Crippen LogP contribution in [0.15, 0.2) is 88.7 Å². The van der Waals surface area contributed by atoms with Crippen LogP contribution in [0.3, 0.4) is 0 Å². The molecule has 4 aromatic rings. The van der Waals surface area contributed by atoms with Gasteiger partial charge in [-0.25, -0.2) is 16.8 Å². The molecule has 0 fully saturated rings. The second kappa shape index (κ2) is 9.10. The molecule has 0 spiro atoms. The number of fused-ring (bicyclic) bond motifs is 1. The van der Waals surface area contributed by atoms with Gasteiger partial charge in [0, 0.05) is 18.7 Å². The third kappa shape index (κ3) is 4.74. The number of sulfonamides is 2. The van der Waals surface area contributed by atoms with Crippen LogP contribution in [-0.4, -0.2) is 47.5 Å². The molecule has 0 unspecified atom stereocenters. The van der Waals surface area contributed by atoms with Gasteiger partial charge in [-0.05, 0) is 47.0 Å². The summed E-state index contributed by atoms with van der Waals surface area (Å²) in [5.41, 5.74) is 0.682. The number of phenols is 4. The minimum atomic E-state index is -4.75. The Bertz CT molecular complexity index is 1550. The lowest BCUT2D eigenvalue weighted by Gasteiger charge is -2.22. The van der Waals surface area contributed by atoms with Crippen LogP contribution in [-0.2, 0) is 26.5 Å². The molecule has 0 aromatic heterocycles. The Morgan fingerprint density at radius 2 is 1.09 bits per heavy atom. The average Bonchev–Trinajstić information content (AvgIpc) is 2.82. The van der Waals surface area contributed by atoms with E-state index in [1.54, 1.807) is 6.07 Å². The number of phenolic OH excluding ortho intramolecular Hbond substituents is 4. The number of rotatable bonds is 7. The third-order valence-electron chi connectivity index (χ3n) is 5.42. The molecule has 4 N–H and O–H groups in total. The van der Waals surface area contributed by atoms with E-state index in [2.05, 4.69) is 0 Å². The van der Waals surface area contributed by atoms with Crippen molar-refractivity contribution in [2.45, 2.75) is 16.2 Å². The summed E-state index contributed by atoms with van der Waals surface area (Å²) in [5.74, 6) is -2.61. The molecule has 0 saturated heterocycles. The van der Waals surface area contributed by atoms with Gasteiger partial charge in [0.05, 0.1) is 9.79 Å². The van der Waals surface area contributed by atoms with Crippen molar-refractivity contribution in [1.82, 2.24) is 3.71 Å². The van der Waals surface area contributed by atoms with Gasteiger partial charge in [-0.3, -0.25) is 0 Å². The maximum Gasteiger partial charge on any atom is 0.256 e. The first-order valence-corrected chi connectivity index (χ1v) is 13.2. The van der Waals surface area contributed by atoms with Gasteiger partial charge in [-0.15, -0.1) is 0 Å². The van der Waals surface area contributed by atoms with Crippen LogP contribution in [0, 0.1) is 0 Å². The lowest BCUT2D eigenvalue weighted by molar-refractivity contribution is 0.401. The highest BCUT2D eigenvalue weighted by Gasteiger charge is 2.37. The van der Waals surface area contributed by atoms with Gasteiger partial charge in [-0.2, -0.15) is 0 Å². The fourth-order valence-electron chi connectivity index (χ4n) is 3.55. The van der Waals surface area contributed by atoms with Crippen LogP contribution in [0.25, 0.3) is 10.8 Å². The largest absolute Gasteiger partial charge is 0.504 e. The fourth-order valence-corrected chi connectivity index (χ4v) is 7.23. The highest BCUT2D eigenvalue weighted by molar-refractivity contribution is 8.04. The maximum atomic E-state index is 13.4. The summed E-state index contributed by atoms with van der Waals surface area (Å²) in [7, 11) is -9.50. The number of aromatic hydroxyl groups is 4. The molecule has 4 rings (SSSR count). The van der Waals surface area contributed by atoms with E-state index in [0.29, 0.717) is 5.56 Å². The maximum absolute atomic E-state index is 13.4. The lowest BCUT2D eigenvalue weighted by Crippen LogP contribution is -2.38. The van der Waals surface area contributed by atoms with Crippen LogP contribution in [0.1, 0.15) is 5.56 Å². The topological polar surface area (TPSA) is 152 Å². The predicted molar refractivity (Wildman–Crippen MR) is 128 cm³/mol. The Morgan fingerprint density at radius 3 is 1.60 bits per heavy atom. The molecule has 0 atom stereocenters. The first kappa shape index (κ1) is 24.3. The highest BCUT2D eigenvalue weighted by atomic mass is 32.3. The minimum absolute atomic E-state index is 0.0252. The lowest BCUT2D eigenvalue weighted by atomic mass is 10.1. The Morgan fingerprint density at radius 1 is 0.571 bits per heavy atom. The summed E-state index contributed by atoms with van der Waals surface area (Å²) in [6.07, 6.45) is 0.0252.